The van der Waals surface area contributed by atoms with Gasteiger partial charge >= 0.3 is 0 Å². The second-order valence-electron chi connectivity index (χ2n) is 7.32. The summed E-state index contributed by atoms with van der Waals surface area (Å²) >= 11 is 6.03. The quantitative estimate of drug-likeness (QED) is 0.680. The second-order valence-corrected chi connectivity index (χ2v) is 9.66. The number of carbonyl (C=O) groups excluding carboxylic acids is 2. The molecule has 1 aliphatic heterocycles. The van der Waals surface area contributed by atoms with E-state index >= 15 is 0 Å². The highest BCUT2D eigenvalue weighted by Gasteiger charge is 2.29. The van der Waals surface area contributed by atoms with Crippen molar-refractivity contribution in [3.63, 3.8) is 0 Å². The van der Waals surface area contributed by atoms with E-state index in [4.69, 9.17) is 11.6 Å². The Bertz CT molecular complexity index is 1070. The highest BCUT2D eigenvalue weighted by Crippen LogP contribution is 2.21. The number of anilines is 1. The van der Waals surface area contributed by atoms with E-state index in [0.717, 1.165) is 5.56 Å². The number of hydrogen-bond acceptors (Lipinski definition) is 5. The minimum atomic E-state index is -3.54. The zero-order valence-corrected chi connectivity index (χ0v) is 19.0. The molecule has 0 bridgehead atoms. The average molecular weight is 465 g/mol. The molecule has 0 unspecified atom stereocenters. The molecule has 1 heterocycles. The fourth-order valence-corrected chi connectivity index (χ4v) is 4.93. The molecule has 31 heavy (non-hydrogen) atoms. The van der Waals surface area contributed by atoms with Crippen LogP contribution < -0.4 is 10.6 Å². The maximum absolute atomic E-state index is 12.8. The average Bonchev–Trinajstić information content (AvgIpc) is 2.75. The summed E-state index contributed by atoms with van der Waals surface area (Å²) in [4.78, 5) is 26.5. The number of hydrogen-bond donors (Lipinski definition) is 2. The highest BCUT2D eigenvalue weighted by molar-refractivity contribution is 7.89. The summed E-state index contributed by atoms with van der Waals surface area (Å²) in [7, 11) is -2.04. The van der Waals surface area contributed by atoms with Gasteiger partial charge in [0.25, 0.3) is 5.91 Å². The summed E-state index contributed by atoms with van der Waals surface area (Å²) in [6.07, 6.45) is 0. The first-order valence-corrected chi connectivity index (χ1v) is 11.6. The molecule has 8 nitrogen and oxygen atoms in total. The molecule has 1 fully saturated rings. The summed E-state index contributed by atoms with van der Waals surface area (Å²) in [5.41, 5.74) is 1.74. The van der Waals surface area contributed by atoms with Crippen molar-refractivity contribution in [3.8, 4) is 0 Å². The molecule has 0 aromatic heterocycles. The van der Waals surface area contributed by atoms with Gasteiger partial charge in [0, 0.05) is 38.9 Å². The van der Waals surface area contributed by atoms with Crippen LogP contribution >= 0.6 is 11.6 Å². The molecule has 2 aromatic rings. The number of nitrogens with zero attached hydrogens (tertiary/aromatic N) is 2. The molecule has 2 N–H and O–H groups in total. The van der Waals surface area contributed by atoms with Crippen LogP contribution in [0.25, 0.3) is 0 Å². The van der Waals surface area contributed by atoms with E-state index in [-0.39, 0.29) is 28.8 Å². The van der Waals surface area contributed by atoms with Crippen LogP contribution in [0.15, 0.2) is 47.4 Å². The lowest BCUT2D eigenvalue weighted by Crippen LogP contribution is -2.50. The third-order valence-corrected chi connectivity index (χ3v) is 7.32. The molecule has 0 atom stereocenters. The fourth-order valence-electron chi connectivity index (χ4n) is 3.30. The van der Waals surface area contributed by atoms with Crippen LogP contribution in [-0.2, 0) is 14.8 Å². The first-order valence-electron chi connectivity index (χ1n) is 9.81. The number of sulfonamides is 1. The Morgan fingerprint density at radius 1 is 1.03 bits per heavy atom. The van der Waals surface area contributed by atoms with Gasteiger partial charge in [-0.1, -0.05) is 29.3 Å². The Morgan fingerprint density at radius 2 is 1.68 bits per heavy atom. The number of carbonyl (C=O) groups is 2. The van der Waals surface area contributed by atoms with E-state index in [1.54, 1.807) is 36.4 Å². The van der Waals surface area contributed by atoms with Gasteiger partial charge in [-0.05, 0) is 37.3 Å². The molecule has 0 aliphatic carbocycles. The smallest absolute Gasteiger partial charge is 0.252 e. The molecular formula is C21H25ClN4O4S. The molecule has 3 rings (SSSR count). The van der Waals surface area contributed by atoms with Crippen LogP contribution in [0.3, 0.4) is 0 Å². The maximum atomic E-state index is 12.8. The van der Waals surface area contributed by atoms with E-state index in [1.165, 1.54) is 17.4 Å². The lowest BCUT2D eigenvalue weighted by Gasteiger charge is -2.33. The number of aryl methyl sites for hydroxylation is 1. The summed E-state index contributed by atoms with van der Waals surface area (Å²) in [5.74, 6) is -0.591. The molecule has 0 radical (unpaired) electrons. The predicted octanol–water partition coefficient (Wildman–Crippen LogP) is 1.95. The van der Waals surface area contributed by atoms with E-state index < -0.39 is 10.0 Å². The lowest BCUT2D eigenvalue weighted by molar-refractivity contribution is -0.117. The first-order chi connectivity index (χ1) is 14.7. The van der Waals surface area contributed by atoms with Crippen molar-refractivity contribution in [1.82, 2.24) is 14.5 Å². The van der Waals surface area contributed by atoms with Crippen LogP contribution in [0.5, 0.6) is 0 Å². The van der Waals surface area contributed by atoms with Gasteiger partial charge in [-0.15, -0.1) is 0 Å². The molecule has 1 saturated heterocycles. The Kier molecular flexibility index (Phi) is 7.32. The van der Waals surface area contributed by atoms with Crippen LogP contribution in [-0.4, -0.2) is 69.2 Å². The van der Waals surface area contributed by atoms with Crippen molar-refractivity contribution in [2.24, 2.45) is 0 Å². The highest BCUT2D eigenvalue weighted by atomic mass is 35.5. The number of piperazine rings is 1. The predicted molar refractivity (Wildman–Crippen MR) is 120 cm³/mol. The topological polar surface area (TPSA) is 98.8 Å². The SMILES string of the molecule is CNC(=O)c1cc(NC(=O)CN2CCN(S(=O)(=O)c3ccc(C)cc3)CC2)ccc1Cl. The second kappa shape index (κ2) is 9.78. The van der Waals surface area contributed by atoms with Crippen molar-refractivity contribution in [1.29, 1.82) is 0 Å². The van der Waals surface area contributed by atoms with Gasteiger partial charge < -0.3 is 10.6 Å². The minimum Gasteiger partial charge on any atom is -0.355 e. The molecule has 166 valence electrons. The zero-order chi connectivity index (χ0) is 22.6. The largest absolute Gasteiger partial charge is 0.355 e. The number of halogens is 1. The lowest BCUT2D eigenvalue weighted by atomic mass is 10.2. The van der Waals surface area contributed by atoms with Gasteiger partial charge in [-0.25, -0.2) is 8.42 Å². The third-order valence-electron chi connectivity index (χ3n) is 5.08. The van der Waals surface area contributed by atoms with E-state index in [1.807, 2.05) is 11.8 Å². The van der Waals surface area contributed by atoms with E-state index in [0.29, 0.717) is 36.9 Å². The van der Waals surface area contributed by atoms with Gasteiger partial charge in [-0.3, -0.25) is 14.5 Å². The van der Waals surface area contributed by atoms with Crippen LogP contribution in [0.2, 0.25) is 5.02 Å². The minimum absolute atomic E-state index is 0.121. The summed E-state index contributed by atoms with van der Waals surface area (Å²) in [6.45, 7) is 3.54. The van der Waals surface area contributed by atoms with Crippen molar-refractivity contribution in [2.75, 3.05) is 45.1 Å². The Hall–Kier alpha value is -2.46. The van der Waals surface area contributed by atoms with Gasteiger partial charge in [0.05, 0.1) is 22.0 Å². The number of nitrogens with one attached hydrogen (secondary N) is 2. The van der Waals surface area contributed by atoms with Gasteiger partial charge in [0.2, 0.25) is 15.9 Å². The Balaban J connectivity index is 1.56. The molecule has 2 aromatic carbocycles. The van der Waals surface area contributed by atoms with Crippen LogP contribution in [0.4, 0.5) is 5.69 Å². The number of amides is 2. The standard InChI is InChI=1S/C21H25ClN4O4S/c1-15-3-6-17(7-4-15)31(29,30)26-11-9-25(10-12-26)14-20(27)24-16-5-8-19(22)18(13-16)21(28)23-2/h3-8,13H,9-12,14H2,1-2H3,(H,23,28)(H,24,27). The normalized spacial score (nSPS) is 15.5. The van der Waals surface area contributed by atoms with Crippen LogP contribution in [0.1, 0.15) is 15.9 Å². The molecule has 1 aliphatic rings. The van der Waals surface area contributed by atoms with Crippen molar-refractivity contribution >= 4 is 39.1 Å². The monoisotopic (exact) mass is 464 g/mol. The third kappa shape index (κ3) is 5.62. The fraction of sp³-hybridized carbons (Fsp3) is 0.333. The van der Waals surface area contributed by atoms with Gasteiger partial charge in [0.15, 0.2) is 0 Å². The van der Waals surface area contributed by atoms with Crippen molar-refractivity contribution in [3.05, 3.63) is 58.6 Å². The van der Waals surface area contributed by atoms with Crippen molar-refractivity contribution in [2.45, 2.75) is 11.8 Å². The van der Waals surface area contributed by atoms with Crippen molar-refractivity contribution < 1.29 is 18.0 Å². The first kappa shape index (κ1) is 23.2. The van der Waals surface area contributed by atoms with E-state index in [2.05, 4.69) is 10.6 Å². The summed E-state index contributed by atoms with van der Waals surface area (Å²) < 4.78 is 27.0. The molecular weight excluding hydrogens is 440 g/mol. The summed E-state index contributed by atoms with van der Waals surface area (Å²) in [6, 6.07) is 11.5. The Morgan fingerprint density at radius 3 is 2.29 bits per heavy atom. The summed E-state index contributed by atoms with van der Waals surface area (Å²) in [5, 5.41) is 5.55. The zero-order valence-electron chi connectivity index (χ0n) is 17.4. The molecule has 0 spiro atoms. The van der Waals surface area contributed by atoms with Crippen LogP contribution in [0, 0.1) is 6.92 Å². The Labute approximate surface area is 187 Å². The number of rotatable bonds is 6. The maximum Gasteiger partial charge on any atom is 0.252 e. The number of benzene rings is 2. The molecule has 0 saturated carbocycles. The molecule has 2 amide bonds. The van der Waals surface area contributed by atoms with Gasteiger partial charge in [0.1, 0.15) is 0 Å². The molecule has 10 heteroatoms. The van der Waals surface area contributed by atoms with E-state index in [9.17, 15) is 18.0 Å². The van der Waals surface area contributed by atoms with Gasteiger partial charge in [-0.2, -0.15) is 4.31 Å².